The lowest BCUT2D eigenvalue weighted by atomic mass is 10.1. The van der Waals surface area contributed by atoms with Gasteiger partial charge in [-0.15, -0.1) is 0 Å². The third kappa shape index (κ3) is 4.93. The molecule has 0 spiro atoms. The second kappa shape index (κ2) is 9.37. The van der Waals surface area contributed by atoms with Crippen LogP contribution >= 0.6 is 11.6 Å². The zero-order chi connectivity index (χ0) is 21.7. The fourth-order valence-electron chi connectivity index (χ4n) is 2.68. The molecular formula is C22H16ClF2NO4. The number of esters is 1. The zero-order valence-electron chi connectivity index (χ0n) is 15.7. The van der Waals surface area contributed by atoms with Crippen molar-refractivity contribution in [3.63, 3.8) is 0 Å². The summed E-state index contributed by atoms with van der Waals surface area (Å²) in [7, 11) is 1.46. The minimum Gasteiger partial charge on any atom is -0.495 e. The average molecular weight is 432 g/mol. The highest BCUT2D eigenvalue weighted by atomic mass is 35.5. The summed E-state index contributed by atoms with van der Waals surface area (Å²) in [5.74, 6) is -3.29. The lowest BCUT2D eigenvalue weighted by Crippen LogP contribution is -2.26. The van der Waals surface area contributed by atoms with Crippen molar-refractivity contribution < 1.29 is 27.8 Å². The van der Waals surface area contributed by atoms with Crippen LogP contribution in [-0.4, -0.2) is 19.0 Å². The maximum absolute atomic E-state index is 13.9. The van der Waals surface area contributed by atoms with Crippen LogP contribution in [0.3, 0.4) is 0 Å². The van der Waals surface area contributed by atoms with Gasteiger partial charge >= 0.3 is 5.97 Å². The Kier molecular flexibility index (Phi) is 6.64. The van der Waals surface area contributed by atoms with Crippen molar-refractivity contribution in [1.29, 1.82) is 0 Å². The molecule has 1 N–H and O–H groups in total. The van der Waals surface area contributed by atoms with Gasteiger partial charge in [0, 0.05) is 17.3 Å². The molecular weight excluding hydrogens is 416 g/mol. The van der Waals surface area contributed by atoms with Gasteiger partial charge in [0.15, 0.2) is 0 Å². The third-order valence-electron chi connectivity index (χ3n) is 4.14. The molecule has 0 heterocycles. The van der Waals surface area contributed by atoms with Crippen LogP contribution < -0.4 is 10.1 Å². The van der Waals surface area contributed by atoms with Crippen molar-refractivity contribution in [2.45, 2.75) is 6.10 Å². The Morgan fingerprint density at radius 2 is 1.73 bits per heavy atom. The number of nitrogens with one attached hydrogen (secondary N) is 1. The molecule has 0 aliphatic rings. The van der Waals surface area contributed by atoms with Gasteiger partial charge in [0.05, 0.1) is 17.7 Å². The molecule has 1 unspecified atom stereocenters. The number of methoxy groups -OCH3 is 1. The standard InChI is InChI=1S/C22H16ClF2NO4/c1-29-19-10-8-15(12-17(19)23)26-21(27)20(13-5-3-2-4-6-13)30-22(28)16-9-7-14(24)11-18(16)25/h2-12,20H,1H3,(H,26,27). The molecule has 3 aromatic rings. The molecule has 0 aliphatic heterocycles. The molecule has 0 saturated heterocycles. The minimum absolute atomic E-state index is 0.275. The van der Waals surface area contributed by atoms with Crippen LogP contribution in [0.2, 0.25) is 5.02 Å². The van der Waals surface area contributed by atoms with E-state index >= 15 is 0 Å². The van der Waals surface area contributed by atoms with Crippen LogP contribution in [0.4, 0.5) is 14.5 Å². The van der Waals surface area contributed by atoms with E-state index in [4.69, 9.17) is 21.1 Å². The molecule has 0 fully saturated rings. The number of hydrogen-bond donors (Lipinski definition) is 1. The SMILES string of the molecule is COc1ccc(NC(=O)C(OC(=O)c2ccc(F)cc2F)c2ccccc2)cc1Cl. The number of carbonyl (C=O) groups excluding carboxylic acids is 2. The summed E-state index contributed by atoms with van der Waals surface area (Å²) in [6.07, 6.45) is -1.39. The maximum Gasteiger partial charge on any atom is 0.342 e. The van der Waals surface area contributed by atoms with Crippen molar-refractivity contribution in [1.82, 2.24) is 0 Å². The Balaban J connectivity index is 1.86. The molecule has 1 atom stereocenters. The number of ether oxygens (including phenoxy) is 2. The topological polar surface area (TPSA) is 64.6 Å². The Morgan fingerprint density at radius 3 is 2.37 bits per heavy atom. The normalized spacial score (nSPS) is 11.5. The first kappa shape index (κ1) is 21.3. The van der Waals surface area contributed by atoms with Crippen molar-refractivity contribution >= 4 is 29.2 Å². The van der Waals surface area contributed by atoms with E-state index in [0.29, 0.717) is 23.1 Å². The van der Waals surface area contributed by atoms with E-state index in [1.807, 2.05) is 0 Å². The summed E-state index contributed by atoms with van der Waals surface area (Å²) in [6.45, 7) is 0. The number of hydrogen-bond acceptors (Lipinski definition) is 4. The molecule has 0 saturated carbocycles. The molecule has 154 valence electrons. The van der Waals surface area contributed by atoms with Crippen molar-refractivity contribution in [2.24, 2.45) is 0 Å². The predicted molar refractivity (Wildman–Crippen MR) is 108 cm³/mol. The van der Waals surface area contributed by atoms with Crippen molar-refractivity contribution in [2.75, 3.05) is 12.4 Å². The first-order valence-corrected chi connectivity index (χ1v) is 9.12. The molecule has 0 bridgehead atoms. The summed E-state index contributed by atoms with van der Waals surface area (Å²) in [4.78, 5) is 25.3. The van der Waals surface area contributed by atoms with Gasteiger partial charge in [0.25, 0.3) is 5.91 Å². The van der Waals surface area contributed by atoms with E-state index in [1.54, 1.807) is 42.5 Å². The fraction of sp³-hybridized carbons (Fsp3) is 0.0909. The quantitative estimate of drug-likeness (QED) is 0.547. The number of amides is 1. The molecule has 8 heteroatoms. The lowest BCUT2D eigenvalue weighted by Gasteiger charge is -2.18. The van der Waals surface area contributed by atoms with E-state index in [1.165, 1.54) is 13.2 Å². The van der Waals surface area contributed by atoms with E-state index in [2.05, 4.69) is 5.32 Å². The van der Waals surface area contributed by atoms with Gasteiger partial charge in [0.1, 0.15) is 17.4 Å². The van der Waals surface area contributed by atoms with Gasteiger partial charge in [-0.1, -0.05) is 41.9 Å². The monoisotopic (exact) mass is 431 g/mol. The smallest absolute Gasteiger partial charge is 0.342 e. The van der Waals surface area contributed by atoms with Crippen molar-refractivity contribution in [3.05, 3.63) is 94.5 Å². The Bertz CT molecular complexity index is 1080. The highest BCUT2D eigenvalue weighted by Gasteiger charge is 2.27. The first-order valence-electron chi connectivity index (χ1n) is 8.74. The van der Waals surface area contributed by atoms with Gasteiger partial charge in [-0.25, -0.2) is 13.6 Å². The third-order valence-corrected chi connectivity index (χ3v) is 4.43. The van der Waals surface area contributed by atoms with E-state index in [9.17, 15) is 18.4 Å². The Hall–Kier alpha value is -3.45. The molecule has 30 heavy (non-hydrogen) atoms. The summed E-state index contributed by atoms with van der Waals surface area (Å²) < 4.78 is 37.4. The number of carbonyl (C=O) groups is 2. The first-order chi connectivity index (χ1) is 14.4. The van der Waals surface area contributed by atoms with Gasteiger partial charge in [-0.05, 0) is 30.3 Å². The van der Waals surface area contributed by atoms with Crippen LogP contribution in [0.5, 0.6) is 5.75 Å². The van der Waals surface area contributed by atoms with E-state index < -0.39 is 35.2 Å². The van der Waals surface area contributed by atoms with E-state index in [0.717, 1.165) is 12.1 Å². The van der Waals surface area contributed by atoms with Gasteiger partial charge in [-0.3, -0.25) is 4.79 Å². The van der Waals surface area contributed by atoms with Crippen LogP contribution in [0.25, 0.3) is 0 Å². The number of anilines is 1. The van der Waals surface area contributed by atoms with E-state index in [-0.39, 0.29) is 5.02 Å². The van der Waals surface area contributed by atoms with Crippen LogP contribution in [0, 0.1) is 11.6 Å². The summed E-state index contributed by atoms with van der Waals surface area (Å²) in [6, 6.07) is 15.3. The number of rotatable bonds is 6. The lowest BCUT2D eigenvalue weighted by molar-refractivity contribution is -0.125. The van der Waals surface area contributed by atoms with Gasteiger partial charge in [-0.2, -0.15) is 0 Å². The maximum atomic E-state index is 13.9. The largest absolute Gasteiger partial charge is 0.495 e. The highest BCUT2D eigenvalue weighted by molar-refractivity contribution is 6.32. The average Bonchev–Trinajstić information content (AvgIpc) is 2.72. The second-order valence-electron chi connectivity index (χ2n) is 6.16. The summed E-state index contributed by atoms with van der Waals surface area (Å²) >= 11 is 6.07. The highest BCUT2D eigenvalue weighted by Crippen LogP contribution is 2.28. The van der Waals surface area contributed by atoms with Crippen LogP contribution in [0.15, 0.2) is 66.7 Å². The molecule has 1 amide bonds. The molecule has 0 aromatic heterocycles. The molecule has 5 nitrogen and oxygen atoms in total. The summed E-state index contributed by atoms with van der Waals surface area (Å²) in [5, 5.41) is 2.88. The Morgan fingerprint density at radius 1 is 1.00 bits per heavy atom. The fourth-order valence-corrected chi connectivity index (χ4v) is 2.94. The second-order valence-corrected chi connectivity index (χ2v) is 6.57. The van der Waals surface area contributed by atoms with Crippen LogP contribution in [-0.2, 0) is 9.53 Å². The van der Waals surface area contributed by atoms with Gasteiger partial charge < -0.3 is 14.8 Å². The summed E-state index contributed by atoms with van der Waals surface area (Å²) in [5.41, 5.74) is 0.221. The molecule has 0 aliphatic carbocycles. The minimum atomic E-state index is -1.39. The van der Waals surface area contributed by atoms with Gasteiger partial charge in [0.2, 0.25) is 6.10 Å². The predicted octanol–water partition coefficient (Wildman–Crippen LogP) is 5.16. The van der Waals surface area contributed by atoms with Crippen molar-refractivity contribution in [3.8, 4) is 5.75 Å². The van der Waals surface area contributed by atoms with Crippen LogP contribution in [0.1, 0.15) is 22.0 Å². The molecule has 3 aromatic carbocycles. The number of halogens is 3. The Labute approximate surface area is 176 Å². The molecule has 3 rings (SSSR count). The zero-order valence-corrected chi connectivity index (χ0v) is 16.5. The molecule has 0 radical (unpaired) electrons. The number of benzene rings is 3.